The van der Waals surface area contributed by atoms with E-state index in [1.807, 2.05) is 24.3 Å². The molecule has 0 radical (unpaired) electrons. The second-order valence-corrected chi connectivity index (χ2v) is 12.6. The molecule has 4 fully saturated rings. The van der Waals surface area contributed by atoms with Gasteiger partial charge in [-0.15, -0.1) is 0 Å². The lowest BCUT2D eigenvalue weighted by atomic mass is 9.65. The van der Waals surface area contributed by atoms with Crippen LogP contribution in [0.25, 0.3) is 0 Å². The van der Waals surface area contributed by atoms with Crippen LogP contribution in [-0.4, -0.2) is 59.6 Å². The largest absolute Gasteiger partial charge is 0.393 e. The maximum Gasteiger partial charge on any atom is 0.254 e. The zero-order chi connectivity index (χ0) is 24.1. The molecule has 4 aliphatic rings. The van der Waals surface area contributed by atoms with Gasteiger partial charge in [0, 0.05) is 43.0 Å². The maximum atomic E-state index is 13.4. The van der Waals surface area contributed by atoms with Crippen LogP contribution >= 0.6 is 0 Å². The van der Waals surface area contributed by atoms with Crippen molar-refractivity contribution in [1.82, 2.24) is 10.2 Å². The van der Waals surface area contributed by atoms with Crippen LogP contribution in [0.1, 0.15) is 82.5 Å². The molecule has 6 heteroatoms. The highest BCUT2D eigenvalue weighted by atomic mass is 16.3. The third kappa shape index (κ3) is 4.84. The molecule has 3 atom stereocenters. The third-order valence-electron chi connectivity index (χ3n) is 8.76. The van der Waals surface area contributed by atoms with Crippen molar-refractivity contribution in [3.05, 3.63) is 29.8 Å². The molecular weight excluding hydrogens is 426 g/mol. The molecule has 0 spiro atoms. The van der Waals surface area contributed by atoms with Gasteiger partial charge in [-0.25, -0.2) is 0 Å². The summed E-state index contributed by atoms with van der Waals surface area (Å²) in [6.45, 7) is 9.46. The molecule has 2 saturated heterocycles. The summed E-state index contributed by atoms with van der Waals surface area (Å²) in [5.74, 6) is 0.308. The van der Waals surface area contributed by atoms with Crippen molar-refractivity contribution < 1.29 is 14.7 Å². The van der Waals surface area contributed by atoms with Crippen molar-refractivity contribution in [3.63, 3.8) is 0 Å². The van der Waals surface area contributed by atoms with Crippen LogP contribution < -0.4 is 10.2 Å². The molecule has 34 heavy (non-hydrogen) atoms. The fourth-order valence-electron chi connectivity index (χ4n) is 7.43. The Kier molecular flexibility index (Phi) is 6.16. The van der Waals surface area contributed by atoms with Crippen molar-refractivity contribution in [1.29, 1.82) is 0 Å². The normalized spacial score (nSPS) is 34.8. The summed E-state index contributed by atoms with van der Waals surface area (Å²) in [6, 6.07) is 8.58. The highest BCUT2D eigenvalue weighted by molar-refractivity contribution is 5.95. The highest BCUT2D eigenvalue weighted by Crippen LogP contribution is 2.52. The molecule has 2 aliphatic carbocycles. The Labute approximate surface area is 204 Å². The van der Waals surface area contributed by atoms with Gasteiger partial charge in [0.25, 0.3) is 5.91 Å². The molecule has 1 aromatic rings. The van der Waals surface area contributed by atoms with Gasteiger partial charge in [-0.05, 0) is 86.5 Å². The number of aliphatic hydroxyl groups excluding tert-OH is 1. The van der Waals surface area contributed by atoms with Crippen LogP contribution in [0.3, 0.4) is 0 Å². The van der Waals surface area contributed by atoms with Gasteiger partial charge >= 0.3 is 0 Å². The lowest BCUT2D eigenvalue weighted by Crippen LogP contribution is -2.42. The van der Waals surface area contributed by atoms with Crippen molar-refractivity contribution in [2.24, 2.45) is 16.7 Å². The van der Waals surface area contributed by atoms with E-state index in [9.17, 15) is 14.7 Å². The molecule has 1 aromatic carbocycles. The monoisotopic (exact) mass is 467 g/mol. The first-order valence-electron chi connectivity index (χ1n) is 13.3. The standard InChI is InChI=1S/C28H41N3O3/c1-27(2)14-23-15-28(3,17-27)18-31(23)26(34)19-4-8-22(9-5-19)30-13-12-20(16-30)25(33)29-21-6-10-24(32)11-7-21/h4-5,8-9,20-21,23-24,32H,6-7,10-18H2,1-3H3,(H,29,33). The van der Waals surface area contributed by atoms with Crippen LogP contribution in [-0.2, 0) is 4.79 Å². The van der Waals surface area contributed by atoms with Crippen LogP contribution in [0.4, 0.5) is 5.69 Å². The number of likely N-dealkylation sites (tertiary alicyclic amines) is 1. The molecule has 186 valence electrons. The number of nitrogens with zero attached hydrogens (tertiary/aromatic N) is 2. The third-order valence-corrected chi connectivity index (χ3v) is 8.76. The van der Waals surface area contributed by atoms with E-state index in [2.05, 4.69) is 35.9 Å². The minimum absolute atomic E-state index is 0.00107. The van der Waals surface area contributed by atoms with E-state index in [-0.39, 0.29) is 35.3 Å². The van der Waals surface area contributed by atoms with Crippen molar-refractivity contribution in [3.8, 4) is 0 Å². The van der Waals surface area contributed by atoms with Crippen molar-refractivity contribution in [2.75, 3.05) is 24.5 Å². The molecule has 5 rings (SSSR count). The van der Waals surface area contributed by atoms with Gasteiger partial charge in [0.15, 0.2) is 0 Å². The van der Waals surface area contributed by atoms with E-state index in [0.29, 0.717) is 11.5 Å². The number of hydrogen-bond acceptors (Lipinski definition) is 4. The Bertz CT molecular complexity index is 921. The van der Waals surface area contributed by atoms with Crippen molar-refractivity contribution in [2.45, 2.75) is 90.3 Å². The summed E-state index contributed by atoms with van der Waals surface area (Å²) < 4.78 is 0. The number of carbonyl (C=O) groups is 2. The average Bonchev–Trinajstić information content (AvgIpc) is 3.37. The Balaban J connectivity index is 1.17. The first kappa shape index (κ1) is 23.7. The number of amides is 2. The summed E-state index contributed by atoms with van der Waals surface area (Å²) in [5.41, 5.74) is 2.39. The number of rotatable bonds is 4. The van der Waals surface area contributed by atoms with Crippen LogP contribution in [0.15, 0.2) is 24.3 Å². The summed E-state index contributed by atoms with van der Waals surface area (Å²) in [4.78, 5) is 30.5. The molecule has 0 aromatic heterocycles. The Morgan fingerprint density at radius 3 is 2.41 bits per heavy atom. The number of fused-ring (bicyclic) bond motifs is 2. The molecule has 6 nitrogen and oxygen atoms in total. The molecule has 2 heterocycles. The smallest absolute Gasteiger partial charge is 0.254 e. The van der Waals surface area contributed by atoms with Gasteiger partial charge in [0.2, 0.25) is 5.91 Å². The molecular formula is C28H41N3O3. The number of anilines is 1. The van der Waals surface area contributed by atoms with Crippen LogP contribution in [0.2, 0.25) is 0 Å². The number of nitrogens with one attached hydrogen (secondary N) is 1. The average molecular weight is 468 g/mol. The SMILES string of the molecule is CC1(C)CC2CC(C)(CN2C(=O)c2ccc(N3CCC(C(=O)NC4CCC(O)CC4)C3)cc2)C1. The van der Waals surface area contributed by atoms with Gasteiger partial charge in [0.05, 0.1) is 12.0 Å². The highest BCUT2D eigenvalue weighted by Gasteiger charge is 2.51. The second kappa shape index (κ2) is 8.85. The van der Waals surface area contributed by atoms with E-state index in [1.54, 1.807) is 0 Å². The zero-order valence-electron chi connectivity index (χ0n) is 21.1. The summed E-state index contributed by atoms with van der Waals surface area (Å²) in [7, 11) is 0. The Hall–Kier alpha value is -2.08. The van der Waals surface area contributed by atoms with Crippen LogP contribution in [0.5, 0.6) is 0 Å². The first-order chi connectivity index (χ1) is 16.1. The number of aliphatic hydroxyl groups is 1. The number of hydrogen-bond donors (Lipinski definition) is 2. The summed E-state index contributed by atoms with van der Waals surface area (Å²) in [5, 5.41) is 12.9. The second-order valence-electron chi connectivity index (χ2n) is 12.6. The van der Waals surface area contributed by atoms with E-state index in [4.69, 9.17) is 0 Å². The van der Waals surface area contributed by atoms with Gasteiger partial charge in [-0.1, -0.05) is 20.8 Å². The molecule has 2 aliphatic heterocycles. The maximum absolute atomic E-state index is 13.4. The van der Waals surface area contributed by atoms with Gasteiger partial charge in [-0.2, -0.15) is 0 Å². The predicted octanol–water partition coefficient (Wildman–Crippen LogP) is 3.97. The van der Waals surface area contributed by atoms with E-state index >= 15 is 0 Å². The van der Waals surface area contributed by atoms with Crippen LogP contribution in [0, 0.1) is 16.7 Å². The number of benzene rings is 1. The molecule has 2 bridgehead atoms. The summed E-state index contributed by atoms with van der Waals surface area (Å²) >= 11 is 0. The molecule has 2 N–H and O–H groups in total. The van der Waals surface area contributed by atoms with E-state index < -0.39 is 0 Å². The minimum Gasteiger partial charge on any atom is -0.393 e. The molecule has 2 saturated carbocycles. The van der Waals surface area contributed by atoms with Crippen molar-refractivity contribution >= 4 is 17.5 Å². The quantitative estimate of drug-likeness (QED) is 0.703. The zero-order valence-corrected chi connectivity index (χ0v) is 21.1. The fraction of sp³-hybridized carbons (Fsp3) is 0.714. The van der Waals surface area contributed by atoms with Gasteiger partial charge in [-0.3, -0.25) is 9.59 Å². The van der Waals surface area contributed by atoms with Gasteiger partial charge in [0.1, 0.15) is 0 Å². The van der Waals surface area contributed by atoms with E-state index in [1.165, 1.54) is 6.42 Å². The lowest BCUT2D eigenvalue weighted by molar-refractivity contribution is -0.125. The fourth-order valence-corrected chi connectivity index (χ4v) is 7.43. The summed E-state index contributed by atoms with van der Waals surface area (Å²) in [6.07, 6.45) is 7.34. The molecule has 2 amide bonds. The topological polar surface area (TPSA) is 72.9 Å². The lowest BCUT2D eigenvalue weighted by Gasteiger charge is -2.39. The van der Waals surface area contributed by atoms with E-state index in [0.717, 1.165) is 75.8 Å². The van der Waals surface area contributed by atoms with Gasteiger partial charge < -0.3 is 20.2 Å². The first-order valence-corrected chi connectivity index (χ1v) is 13.3. The molecule has 3 unspecified atom stereocenters. The Morgan fingerprint density at radius 1 is 1.00 bits per heavy atom. The number of carbonyl (C=O) groups excluding carboxylic acids is 2. The Morgan fingerprint density at radius 2 is 1.71 bits per heavy atom. The minimum atomic E-state index is -0.204. The predicted molar refractivity (Wildman–Crippen MR) is 134 cm³/mol.